The topological polar surface area (TPSA) is 160 Å². The number of hydrogen-bond donors (Lipinski definition) is 3. The fourth-order valence-electron chi connectivity index (χ4n) is 3.82. The van der Waals surface area contributed by atoms with Crippen LogP contribution in [-0.4, -0.2) is 78.0 Å². The van der Waals surface area contributed by atoms with E-state index in [0.29, 0.717) is 25.2 Å². The molecule has 2 aromatic heterocycles. The van der Waals surface area contributed by atoms with E-state index < -0.39 is 23.2 Å². The van der Waals surface area contributed by atoms with Crippen LogP contribution in [0.25, 0.3) is 0 Å². The number of β-amino-alcohol motifs (C(OH)–C–C–N with tert-alkyl or cyclic N) is 1. The Labute approximate surface area is 184 Å². The van der Waals surface area contributed by atoms with Crippen molar-refractivity contribution in [1.29, 1.82) is 5.26 Å². The number of nitrogens with zero attached hydrogens (tertiary/aromatic N) is 7. The van der Waals surface area contributed by atoms with Gasteiger partial charge < -0.3 is 20.4 Å². The summed E-state index contributed by atoms with van der Waals surface area (Å²) in [5, 5.41) is 36.1. The minimum absolute atomic E-state index is 0.000967. The van der Waals surface area contributed by atoms with E-state index in [0.717, 1.165) is 0 Å². The number of nitrogens with one attached hydrogen (secondary N) is 1. The van der Waals surface area contributed by atoms with Crippen LogP contribution >= 0.6 is 0 Å². The number of rotatable bonds is 5. The Kier molecular flexibility index (Phi) is 5.31. The van der Waals surface area contributed by atoms with Crippen molar-refractivity contribution >= 4 is 29.3 Å². The van der Waals surface area contributed by atoms with Crippen molar-refractivity contribution in [3.63, 3.8) is 0 Å². The van der Waals surface area contributed by atoms with Crippen LogP contribution in [0.15, 0.2) is 24.7 Å². The van der Waals surface area contributed by atoms with Crippen molar-refractivity contribution in [1.82, 2.24) is 24.6 Å². The number of anilines is 3. The lowest BCUT2D eigenvalue weighted by Crippen LogP contribution is -2.46. The summed E-state index contributed by atoms with van der Waals surface area (Å²) in [5.74, 6) is -0.410. The van der Waals surface area contributed by atoms with Gasteiger partial charge in [-0.25, -0.2) is 4.98 Å². The molecule has 168 valence electrons. The Bertz CT molecular complexity index is 1090. The first-order valence-corrected chi connectivity index (χ1v) is 10.2. The minimum Gasteiger partial charge on any atom is -0.391 e. The summed E-state index contributed by atoms with van der Waals surface area (Å²) in [6, 6.07) is 3.16. The predicted octanol–water partition coefficient (Wildman–Crippen LogP) is -0.264. The molecule has 2 saturated heterocycles. The SMILES string of the molecule is CC(C)(C(=O)N1CC[C@H](O)C1)n1cc(Nc2nccc(N3CC[C@](O)(C#N)C3=O)n2)cn1. The minimum atomic E-state index is -2.04. The highest BCUT2D eigenvalue weighted by atomic mass is 16.3. The second-order valence-corrected chi connectivity index (χ2v) is 8.47. The predicted molar refractivity (Wildman–Crippen MR) is 112 cm³/mol. The van der Waals surface area contributed by atoms with E-state index in [9.17, 15) is 19.8 Å². The summed E-state index contributed by atoms with van der Waals surface area (Å²) in [5.41, 5.74) is -2.47. The first-order valence-electron chi connectivity index (χ1n) is 10.2. The summed E-state index contributed by atoms with van der Waals surface area (Å²) < 4.78 is 1.53. The smallest absolute Gasteiger partial charge is 0.275 e. The van der Waals surface area contributed by atoms with E-state index in [2.05, 4.69) is 20.4 Å². The normalized spacial score (nSPS) is 23.5. The number of carbonyl (C=O) groups excluding carboxylic acids is 2. The van der Waals surface area contributed by atoms with Crippen molar-refractivity contribution < 1.29 is 19.8 Å². The third kappa shape index (κ3) is 3.76. The second kappa shape index (κ2) is 7.85. The Morgan fingerprint density at radius 2 is 2.19 bits per heavy atom. The third-order valence-electron chi connectivity index (χ3n) is 5.78. The van der Waals surface area contributed by atoms with Gasteiger partial charge in [0.25, 0.3) is 5.91 Å². The Hall–Kier alpha value is -3.56. The van der Waals surface area contributed by atoms with Crippen LogP contribution in [0.2, 0.25) is 0 Å². The zero-order valence-electron chi connectivity index (χ0n) is 17.8. The molecule has 32 heavy (non-hydrogen) atoms. The van der Waals surface area contributed by atoms with Crippen LogP contribution in [0.1, 0.15) is 26.7 Å². The van der Waals surface area contributed by atoms with E-state index in [1.165, 1.54) is 28.0 Å². The number of aliphatic hydroxyl groups is 2. The fourth-order valence-corrected chi connectivity index (χ4v) is 3.82. The summed E-state index contributed by atoms with van der Waals surface area (Å²) in [6.07, 6.45) is 4.69. The van der Waals surface area contributed by atoms with Gasteiger partial charge in [-0.3, -0.25) is 19.2 Å². The zero-order chi connectivity index (χ0) is 23.1. The highest BCUT2D eigenvalue weighted by Gasteiger charge is 2.46. The lowest BCUT2D eigenvalue weighted by molar-refractivity contribution is -0.139. The maximum atomic E-state index is 12.9. The average molecular weight is 440 g/mol. The van der Waals surface area contributed by atoms with E-state index in [1.54, 1.807) is 31.0 Å². The highest BCUT2D eigenvalue weighted by molar-refractivity contribution is 6.03. The standard InChI is InChI=1S/C20H24N8O4/c1-19(2,16(30)26-7-4-14(29)11-26)28-10-13(9-23-28)24-18-22-6-3-15(25-18)27-8-5-20(32,12-21)17(27)31/h3,6,9-10,14,29,32H,4-5,7-8,11H2,1-2H3,(H,22,24,25)/t14-,20-/m0/s1. The maximum Gasteiger partial charge on any atom is 0.275 e. The monoisotopic (exact) mass is 440 g/mol. The van der Waals surface area contributed by atoms with Crippen molar-refractivity contribution in [2.45, 2.75) is 43.9 Å². The van der Waals surface area contributed by atoms with Gasteiger partial charge in [0.2, 0.25) is 17.5 Å². The zero-order valence-corrected chi connectivity index (χ0v) is 17.8. The van der Waals surface area contributed by atoms with Crippen LogP contribution in [0.4, 0.5) is 17.5 Å². The number of carbonyl (C=O) groups is 2. The van der Waals surface area contributed by atoms with Crippen LogP contribution in [0.5, 0.6) is 0 Å². The molecule has 3 N–H and O–H groups in total. The van der Waals surface area contributed by atoms with Crippen molar-refractivity contribution in [2.75, 3.05) is 29.9 Å². The van der Waals surface area contributed by atoms with Gasteiger partial charge in [0.1, 0.15) is 17.4 Å². The first kappa shape index (κ1) is 21.7. The fraction of sp³-hybridized carbons (Fsp3) is 0.500. The molecule has 0 saturated carbocycles. The number of nitriles is 1. The van der Waals surface area contributed by atoms with Crippen molar-refractivity contribution in [3.05, 3.63) is 24.7 Å². The van der Waals surface area contributed by atoms with Gasteiger partial charge in [-0.15, -0.1) is 0 Å². The Morgan fingerprint density at radius 1 is 1.41 bits per heavy atom. The Balaban J connectivity index is 1.48. The number of hydrogen-bond acceptors (Lipinski definition) is 9. The molecule has 4 rings (SSSR count). The molecule has 12 nitrogen and oxygen atoms in total. The maximum absolute atomic E-state index is 12.9. The molecule has 2 aliphatic heterocycles. The number of aliphatic hydroxyl groups excluding tert-OH is 1. The summed E-state index contributed by atoms with van der Waals surface area (Å²) in [7, 11) is 0. The molecule has 0 radical (unpaired) electrons. The largest absolute Gasteiger partial charge is 0.391 e. The van der Waals surface area contributed by atoms with Gasteiger partial charge in [-0.1, -0.05) is 0 Å². The van der Waals surface area contributed by atoms with E-state index in [-0.39, 0.29) is 30.6 Å². The quantitative estimate of drug-likeness (QED) is 0.532. The third-order valence-corrected chi connectivity index (χ3v) is 5.78. The molecule has 0 bridgehead atoms. The molecule has 2 atom stereocenters. The van der Waals surface area contributed by atoms with Gasteiger partial charge in [-0.2, -0.15) is 15.3 Å². The molecule has 0 aliphatic carbocycles. The molecule has 2 fully saturated rings. The molecule has 2 aromatic rings. The molecule has 0 spiro atoms. The lowest BCUT2D eigenvalue weighted by atomic mass is 10.0. The molecule has 2 aliphatic rings. The van der Waals surface area contributed by atoms with Crippen LogP contribution in [0.3, 0.4) is 0 Å². The summed E-state index contributed by atoms with van der Waals surface area (Å²) in [4.78, 5) is 36.6. The van der Waals surface area contributed by atoms with Gasteiger partial charge in [-0.05, 0) is 26.3 Å². The molecule has 0 unspecified atom stereocenters. The summed E-state index contributed by atoms with van der Waals surface area (Å²) >= 11 is 0. The van der Waals surface area contributed by atoms with Crippen molar-refractivity contribution in [3.8, 4) is 6.07 Å². The first-order chi connectivity index (χ1) is 15.1. The number of likely N-dealkylation sites (tertiary alicyclic amines) is 1. The molecule has 0 aromatic carbocycles. The van der Waals surface area contributed by atoms with Gasteiger partial charge >= 0.3 is 0 Å². The van der Waals surface area contributed by atoms with E-state index >= 15 is 0 Å². The average Bonchev–Trinajstić information content (AvgIpc) is 3.49. The van der Waals surface area contributed by atoms with Crippen LogP contribution in [-0.2, 0) is 15.1 Å². The second-order valence-electron chi connectivity index (χ2n) is 8.47. The molecular weight excluding hydrogens is 416 g/mol. The molecule has 2 amide bonds. The van der Waals surface area contributed by atoms with Gasteiger partial charge in [0.15, 0.2) is 0 Å². The van der Waals surface area contributed by atoms with Crippen LogP contribution in [0, 0.1) is 11.3 Å². The van der Waals surface area contributed by atoms with Crippen molar-refractivity contribution in [2.24, 2.45) is 0 Å². The number of amides is 2. The lowest BCUT2D eigenvalue weighted by Gasteiger charge is -2.29. The Morgan fingerprint density at radius 3 is 2.84 bits per heavy atom. The molecule has 4 heterocycles. The van der Waals surface area contributed by atoms with E-state index in [1.807, 2.05) is 0 Å². The molecular formula is C20H24N8O4. The van der Waals surface area contributed by atoms with Gasteiger partial charge in [0, 0.05) is 38.4 Å². The highest BCUT2D eigenvalue weighted by Crippen LogP contribution is 2.28. The number of aromatic nitrogens is 4. The molecule has 12 heteroatoms. The van der Waals surface area contributed by atoms with E-state index in [4.69, 9.17) is 5.26 Å². The van der Waals surface area contributed by atoms with Gasteiger partial charge in [0.05, 0.1) is 18.0 Å². The van der Waals surface area contributed by atoms with Crippen LogP contribution < -0.4 is 10.2 Å². The summed E-state index contributed by atoms with van der Waals surface area (Å²) in [6.45, 7) is 4.49.